The van der Waals surface area contributed by atoms with E-state index in [1.807, 2.05) is 13.8 Å². The molecule has 0 aliphatic carbocycles. The number of para-hydroxylation sites is 1. The second-order valence-corrected chi connectivity index (χ2v) is 5.03. The van der Waals surface area contributed by atoms with E-state index < -0.39 is 6.04 Å². The maximum atomic E-state index is 11.7. The van der Waals surface area contributed by atoms with E-state index in [2.05, 4.69) is 5.32 Å². The summed E-state index contributed by atoms with van der Waals surface area (Å²) in [5.41, 5.74) is 0. The van der Waals surface area contributed by atoms with Gasteiger partial charge in [0.05, 0.1) is 11.1 Å². The molecule has 0 radical (unpaired) electrons. The Kier molecular flexibility index (Phi) is 5.83. The quantitative estimate of drug-likeness (QED) is 0.872. The van der Waals surface area contributed by atoms with Gasteiger partial charge in [-0.25, -0.2) is 0 Å². The molecule has 1 atom stereocenters. The fraction of sp³-hybridized carbons (Fsp3) is 0.429. The number of carbonyl (C=O) groups is 2. The van der Waals surface area contributed by atoms with Crippen molar-refractivity contribution in [2.75, 3.05) is 6.61 Å². The van der Waals surface area contributed by atoms with Crippen LogP contribution in [0.4, 0.5) is 0 Å². The highest BCUT2D eigenvalue weighted by Gasteiger charge is 2.20. The van der Waals surface area contributed by atoms with E-state index in [0.717, 1.165) is 0 Å². The van der Waals surface area contributed by atoms with Crippen LogP contribution in [0, 0.1) is 5.92 Å². The molecule has 0 aliphatic rings. The topological polar surface area (TPSA) is 55.4 Å². The van der Waals surface area contributed by atoms with Crippen LogP contribution in [0.25, 0.3) is 0 Å². The smallest absolute Gasteiger partial charge is 0.258 e. The second kappa shape index (κ2) is 7.14. The summed E-state index contributed by atoms with van der Waals surface area (Å²) in [4.78, 5) is 23.1. The van der Waals surface area contributed by atoms with Gasteiger partial charge in [-0.2, -0.15) is 0 Å². The summed E-state index contributed by atoms with van der Waals surface area (Å²) in [5, 5.41) is 3.10. The summed E-state index contributed by atoms with van der Waals surface area (Å²) in [5.74, 6) is 0.0833. The molecule has 19 heavy (non-hydrogen) atoms. The van der Waals surface area contributed by atoms with Gasteiger partial charge in [0.1, 0.15) is 5.75 Å². The van der Waals surface area contributed by atoms with Crippen LogP contribution in [0.1, 0.15) is 20.8 Å². The highest BCUT2D eigenvalue weighted by Crippen LogP contribution is 2.22. The fourth-order valence-electron chi connectivity index (χ4n) is 1.66. The Bertz CT molecular complexity index is 460. The normalized spacial score (nSPS) is 12.1. The van der Waals surface area contributed by atoms with Gasteiger partial charge in [-0.15, -0.1) is 0 Å². The molecule has 1 N–H and O–H groups in total. The van der Waals surface area contributed by atoms with Gasteiger partial charge < -0.3 is 10.1 Å². The molecule has 1 unspecified atom stereocenters. The number of nitrogens with one attached hydrogen (secondary N) is 1. The average molecular weight is 284 g/mol. The second-order valence-electron chi connectivity index (χ2n) is 4.62. The molecule has 4 nitrogen and oxygen atoms in total. The summed E-state index contributed by atoms with van der Waals surface area (Å²) < 4.78 is 5.30. The third-order valence-corrected chi connectivity index (χ3v) is 2.93. The molecular weight excluding hydrogens is 266 g/mol. The van der Waals surface area contributed by atoms with Crippen molar-refractivity contribution in [1.82, 2.24) is 5.32 Å². The zero-order valence-electron chi connectivity index (χ0n) is 11.3. The average Bonchev–Trinajstić information content (AvgIpc) is 2.34. The zero-order valence-corrected chi connectivity index (χ0v) is 12.0. The fourth-order valence-corrected chi connectivity index (χ4v) is 1.85. The van der Waals surface area contributed by atoms with Gasteiger partial charge in [0.25, 0.3) is 5.91 Å². The minimum absolute atomic E-state index is 0.0433. The Hall–Kier alpha value is -1.55. The van der Waals surface area contributed by atoms with Gasteiger partial charge in [0, 0.05) is 0 Å². The highest BCUT2D eigenvalue weighted by atomic mass is 35.5. The molecule has 104 valence electrons. The Labute approximate surface area is 118 Å². The summed E-state index contributed by atoms with van der Waals surface area (Å²) in [6.45, 7) is 5.04. The lowest BCUT2D eigenvalue weighted by atomic mass is 10.0. The first-order chi connectivity index (χ1) is 8.91. The molecule has 1 aromatic carbocycles. The maximum absolute atomic E-state index is 11.7. The lowest BCUT2D eigenvalue weighted by molar-refractivity contribution is -0.129. The number of carbonyl (C=O) groups excluding carboxylic acids is 2. The van der Waals surface area contributed by atoms with Crippen LogP contribution in [0.5, 0.6) is 5.75 Å². The van der Waals surface area contributed by atoms with Crippen LogP contribution in [0.2, 0.25) is 5.02 Å². The van der Waals surface area contributed by atoms with Gasteiger partial charge in [-0.1, -0.05) is 37.6 Å². The summed E-state index contributed by atoms with van der Waals surface area (Å²) in [6.07, 6.45) is 0. The molecular formula is C14H18ClNO3. The standard InChI is InChI=1S/C14H18ClNO3/c1-9(2)14(10(3)17)16-13(18)8-19-12-7-5-4-6-11(12)15/h4-7,9,14H,8H2,1-3H3,(H,16,18). The van der Waals surface area contributed by atoms with Crippen molar-refractivity contribution in [2.24, 2.45) is 5.92 Å². The van der Waals surface area contributed by atoms with Crippen molar-refractivity contribution < 1.29 is 14.3 Å². The van der Waals surface area contributed by atoms with Gasteiger partial charge in [-0.3, -0.25) is 9.59 Å². The molecule has 0 saturated heterocycles. The number of ether oxygens (including phenoxy) is 1. The van der Waals surface area contributed by atoms with Crippen molar-refractivity contribution in [3.63, 3.8) is 0 Å². The lowest BCUT2D eigenvalue weighted by Crippen LogP contribution is -2.45. The molecule has 0 spiro atoms. The molecule has 0 fully saturated rings. The van der Waals surface area contributed by atoms with E-state index in [1.165, 1.54) is 6.92 Å². The van der Waals surface area contributed by atoms with Crippen LogP contribution >= 0.6 is 11.6 Å². The van der Waals surface area contributed by atoms with E-state index in [9.17, 15) is 9.59 Å². The Morgan fingerprint density at radius 3 is 2.47 bits per heavy atom. The first-order valence-electron chi connectivity index (χ1n) is 6.09. The SMILES string of the molecule is CC(=O)C(NC(=O)COc1ccccc1Cl)C(C)C. The first kappa shape index (κ1) is 15.5. The maximum Gasteiger partial charge on any atom is 0.258 e. The Morgan fingerprint density at radius 1 is 1.32 bits per heavy atom. The van der Waals surface area contributed by atoms with Crippen LogP contribution in [-0.4, -0.2) is 24.3 Å². The van der Waals surface area contributed by atoms with Crippen molar-refractivity contribution in [1.29, 1.82) is 0 Å². The zero-order chi connectivity index (χ0) is 14.4. The van der Waals surface area contributed by atoms with Gasteiger partial charge in [0.2, 0.25) is 0 Å². The molecule has 0 bridgehead atoms. The minimum atomic E-state index is -0.484. The number of halogens is 1. The monoisotopic (exact) mass is 283 g/mol. The molecule has 0 saturated carbocycles. The van der Waals surface area contributed by atoms with Crippen molar-refractivity contribution in [2.45, 2.75) is 26.8 Å². The number of hydrogen-bond acceptors (Lipinski definition) is 3. The van der Waals surface area contributed by atoms with Crippen LogP contribution < -0.4 is 10.1 Å². The number of hydrogen-bond donors (Lipinski definition) is 1. The van der Waals surface area contributed by atoms with E-state index in [0.29, 0.717) is 10.8 Å². The van der Waals surface area contributed by atoms with E-state index in [1.54, 1.807) is 24.3 Å². The van der Waals surface area contributed by atoms with Crippen molar-refractivity contribution >= 4 is 23.3 Å². The van der Waals surface area contributed by atoms with E-state index in [4.69, 9.17) is 16.3 Å². The van der Waals surface area contributed by atoms with Gasteiger partial charge in [0.15, 0.2) is 12.4 Å². The van der Waals surface area contributed by atoms with Crippen LogP contribution in [0.15, 0.2) is 24.3 Å². The highest BCUT2D eigenvalue weighted by molar-refractivity contribution is 6.32. The summed E-state index contributed by atoms with van der Waals surface area (Å²) in [6, 6.07) is 6.43. The number of amides is 1. The molecule has 0 aliphatic heterocycles. The largest absolute Gasteiger partial charge is 0.482 e. The molecule has 1 amide bonds. The molecule has 1 rings (SSSR count). The number of rotatable bonds is 6. The molecule has 0 aromatic heterocycles. The Balaban J connectivity index is 2.52. The van der Waals surface area contributed by atoms with E-state index >= 15 is 0 Å². The van der Waals surface area contributed by atoms with E-state index in [-0.39, 0.29) is 24.2 Å². The Morgan fingerprint density at radius 2 is 1.95 bits per heavy atom. The first-order valence-corrected chi connectivity index (χ1v) is 6.46. The molecule has 0 heterocycles. The number of Topliss-reactive ketones (excluding diaryl/α,β-unsaturated/α-hetero) is 1. The molecule has 5 heteroatoms. The predicted octanol–water partition coefficient (Wildman–Crippen LogP) is 2.45. The predicted molar refractivity (Wildman–Crippen MR) is 74.4 cm³/mol. The summed E-state index contributed by atoms with van der Waals surface area (Å²) in [7, 11) is 0. The number of benzene rings is 1. The summed E-state index contributed by atoms with van der Waals surface area (Å²) >= 11 is 5.90. The van der Waals surface area contributed by atoms with Crippen molar-refractivity contribution in [3.8, 4) is 5.75 Å². The number of ketones is 1. The van der Waals surface area contributed by atoms with Crippen LogP contribution in [-0.2, 0) is 9.59 Å². The lowest BCUT2D eigenvalue weighted by Gasteiger charge is -2.19. The van der Waals surface area contributed by atoms with Crippen LogP contribution in [0.3, 0.4) is 0 Å². The third kappa shape index (κ3) is 4.91. The molecule has 1 aromatic rings. The van der Waals surface area contributed by atoms with Crippen molar-refractivity contribution in [3.05, 3.63) is 29.3 Å². The van der Waals surface area contributed by atoms with Gasteiger partial charge >= 0.3 is 0 Å². The van der Waals surface area contributed by atoms with Gasteiger partial charge in [-0.05, 0) is 25.0 Å². The minimum Gasteiger partial charge on any atom is -0.482 e. The third-order valence-electron chi connectivity index (χ3n) is 2.62.